The van der Waals surface area contributed by atoms with Crippen LogP contribution in [0, 0.1) is 17.8 Å². The van der Waals surface area contributed by atoms with Crippen molar-refractivity contribution >= 4 is 23.4 Å². The van der Waals surface area contributed by atoms with Gasteiger partial charge in [-0.25, -0.2) is 0 Å². The average Bonchev–Trinajstić information content (AvgIpc) is 3.48. The fourth-order valence-corrected chi connectivity index (χ4v) is 6.32. The van der Waals surface area contributed by atoms with Crippen molar-refractivity contribution < 1.29 is 23.9 Å². The van der Waals surface area contributed by atoms with E-state index in [1.54, 1.807) is 37.5 Å². The number of carbonyl (C=O) groups is 3. The molecule has 8 nitrogen and oxygen atoms in total. The summed E-state index contributed by atoms with van der Waals surface area (Å²) in [6, 6.07) is 6.29. The van der Waals surface area contributed by atoms with Crippen molar-refractivity contribution in [1.82, 2.24) is 10.2 Å². The molecule has 3 aliphatic heterocycles. The molecule has 2 N–H and O–H groups in total. The maximum Gasteiger partial charge on any atom is 0.246 e. The van der Waals surface area contributed by atoms with Crippen molar-refractivity contribution in [3.05, 3.63) is 49.1 Å². The molecule has 1 aromatic rings. The Bertz CT molecular complexity index is 1070. The van der Waals surface area contributed by atoms with Gasteiger partial charge in [0.15, 0.2) is 0 Å². The van der Waals surface area contributed by atoms with Gasteiger partial charge in [0.25, 0.3) is 0 Å². The number of anilines is 1. The monoisotopic (exact) mass is 479 g/mol. The first kappa shape index (κ1) is 23.6. The molecule has 186 valence electrons. The van der Waals surface area contributed by atoms with E-state index in [0.717, 1.165) is 19.3 Å². The number of nitrogens with zero attached hydrogens (tertiary/aromatic N) is 1. The molecule has 1 saturated carbocycles. The Balaban J connectivity index is 1.42. The Morgan fingerprint density at radius 3 is 2.83 bits per heavy atom. The van der Waals surface area contributed by atoms with E-state index in [2.05, 4.69) is 24.1 Å². The number of ether oxygens (including phenoxy) is 2. The number of amides is 3. The van der Waals surface area contributed by atoms with Gasteiger partial charge in [-0.1, -0.05) is 44.1 Å². The molecule has 1 aromatic carbocycles. The molecule has 5 rings (SSSR count). The van der Waals surface area contributed by atoms with E-state index in [9.17, 15) is 14.4 Å². The Morgan fingerprint density at radius 1 is 1.29 bits per heavy atom. The summed E-state index contributed by atoms with van der Waals surface area (Å²) in [5.41, 5.74) is -0.590. The van der Waals surface area contributed by atoms with Crippen LogP contribution in [0.1, 0.15) is 32.6 Å². The van der Waals surface area contributed by atoms with E-state index in [1.165, 1.54) is 11.3 Å². The summed E-state index contributed by atoms with van der Waals surface area (Å²) in [6.45, 7) is 6.15. The van der Waals surface area contributed by atoms with Gasteiger partial charge >= 0.3 is 0 Å². The van der Waals surface area contributed by atoms with Crippen LogP contribution >= 0.6 is 0 Å². The average molecular weight is 480 g/mol. The number of fused-ring (bicyclic) bond motifs is 1. The van der Waals surface area contributed by atoms with E-state index < -0.39 is 29.6 Å². The van der Waals surface area contributed by atoms with Gasteiger partial charge in [-0.3, -0.25) is 14.4 Å². The van der Waals surface area contributed by atoms with Crippen molar-refractivity contribution in [2.24, 2.45) is 17.8 Å². The number of methoxy groups -OCH3 is 1. The summed E-state index contributed by atoms with van der Waals surface area (Å²) in [5.74, 6) is -1.30. The maximum absolute atomic E-state index is 13.7. The molecule has 2 saturated heterocycles. The fourth-order valence-electron chi connectivity index (χ4n) is 6.32. The molecule has 7 unspecified atom stereocenters. The van der Waals surface area contributed by atoms with Gasteiger partial charge in [-0.2, -0.15) is 0 Å². The van der Waals surface area contributed by atoms with Gasteiger partial charge in [0, 0.05) is 24.3 Å². The fraction of sp³-hybridized carbons (Fsp3) is 0.519. The van der Waals surface area contributed by atoms with Crippen LogP contribution in [0.3, 0.4) is 0 Å². The molecule has 1 aliphatic carbocycles. The highest BCUT2D eigenvalue weighted by Gasteiger charge is 2.72. The molecular weight excluding hydrogens is 446 g/mol. The highest BCUT2D eigenvalue weighted by Crippen LogP contribution is 2.55. The zero-order chi connectivity index (χ0) is 24.7. The Morgan fingerprint density at radius 2 is 2.09 bits per heavy atom. The largest absolute Gasteiger partial charge is 0.497 e. The summed E-state index contributed by atoms with van der Waals surface area (Å²) in [5, 5.41) is 6.12. The number of hydrogen-bond donors (Lipinski definition) is 2. The van der Waals surface area contributed by atoms with Crippen molar-refractivity contribution in [3.63, 3.8) is 0 Å². The van der Waals surface area contributed by atoms with Gasteiger partial charge in [-0.05, 0) is 30.9 Å². The Hall–Kier alpha value is -3.13. The van der Waals surface area contributed by atoms with Crippen molar-refractivity contribution in [1.29, 1.82) is 0 Å². The normalized spacial score (nSPS) is 35.0. The minimum atomic E-state index is -1.16. The van der Waals surface area contributed by atoms with Crippen molar-refractivity contribution in [3.8, 4) is 5.75 Å². The predicted octanol–water partition coefficient (Wildman–Crippen LogP) is 2.67. The Labute approximate surface area is 205 Å². The lowest BCUT2D eigenvalue weighted by Crippen LogP contribution is -2.57. The minimum Gasteiger partial charge on any atom is -0.497 e. The third-order valence-corrected chi connectivity index (χ3v) is 8.03. The van der Waals surface area contributed by atoms with Crippen LogP contribution < -0.4 is 15.4 Å². The number of nitrogens with one attached hydrogen (secondary N) is 2. The van der Waals surface area contributed by atoms with Crippen LogP contribution in [-0.4, -0.2) is 60.1 Å². The van der Waals surface area contributed by atoms with Crippen LogP contribution in [0.15, 0.2) is 49.1 Å². The molecule has 0 radical (unpaired) electrons. The summed E-state index contributed by atoms with van der Waals surface area (Å²) in [6.07, 6.45) is 8.94. The van der Waals surface area contributed by atoms with E-state index in [1.807, 2.05) is 12.2 Å². The molecule has 3 heterocycles. The molecule has 8 heteroatoms. The third-order valence-electron chi connectivity index (χ3n) is 8.03. The zero-order valence-electron chi connectivity index (χ0n) is 20.2. The van der Waals surface area contributed by atoms with Crippen LogP contribution in [0.5, 0.6) is 5.75 Å². The summed E-state index contributed by atoms with van der Waals surface area (Å²) >= 11 is 0. The van der Waals surface area contributed by atoms with Gasteiger partial charge in [0.2, 0.25) is 17.7 Å². The van der Waals surface area contributed by atoms with Crippen LogP contribution in [0.25, 0.3) is 0 Å². The molecular formula is C27H33N3O5. The number of benzene rings is 1. The van der Waals surface area contributed by atoms with Crippen LogP contribution in [-0.2, 0) is 19.1 Å². The number of likely N-dealkylation sites (tertiary alicyclic amines) is 1. The molecule has 35 heavy (non-hydrogen) atoms. The molecule has 0 aromatic heterocycles. The predicted molar refractivity (Wildman–Crippen MR) is 131 cm³/mol. The number of carbonyl (C=O) groups excluding carboxylic acids is 3. The van der Waals surface area contributed by atoms with Gasteiger partial charge in [-0.15, -0.1) is 6.58 Å². The molecule has 3 amide bonds. The summed E-state index contributed by atoms with van der Waals surface area (Å²) in [7, 11) is 1.56. The second kappa shape index (κ2) is 9.15. The Kier molecular flexibility index (Phi) is 6.17. The first-order chi connectivity index (χ1) is 16.9. The van der Waals surface area contributed by atoms with Gasteiger partial charge in [0.05, 0.1) is 25.0 Å². The summed E-state index contributed by atoms with van der Waals surface area (Å²) in [4.78, 5) is 42.3. The van der Waals surface area contributed by atoms with Gasteiger partial charge < -0.3 is 25.0 Å². The number of rotatable bonds is 7. The van der Waals surface area contributed by atoms with E-state index in [4.69, 9.17) is 9.47 Å². The van der Waals surface area contributed by atoms with Crippen LogP contribution in [0.2, 0.25) is 0 Å². The SMILES string of the molecule is C=CCN1C(=O)C2C(C(=O)Nc3cccc(OC)c3)C3C=CC2(O3)C1C(=O)NC1CCCCC1C. The maximum atomic E-state index is 13.7. The highest BCUT2D eigenvalue weighted by molar-refractivity contribution is 6.02. The van der Waals surface area contributed by atoms with E-state index in [-0.39, 0.29) is 30.3 Å². The summed E-state index contributed by atoms with van der Waals surface area (Å²) < 4.78 is 11.6. The third kappa shape index (κ3) is 3.84. The number of hydrogen-bond acceptors (Lipinski definition) is 5. The lowest BCUT2D eigenvalue weighted by Gasteiger charge is -2.35. The van der Waals surface area contributed by atoms with Crippen molar-refractivity contribution in [2.75, 3.05) is 19.0 Å². The molecule has 7 atom stereocenters. The molecule has 2 bridgehead atoms. The van der Waals surface area contributed by atoms with E-state index in [0.29, 0.717) is 17.4 Å². The molecule has 4 aliphatic rings. The smallest absolute Gasteiger partial charge is 0.246 e. The molecule has 1 spiro atoms. The highest BCUT2D eigenvalue weighted by atomic mass is 16.5. The lowest BCUT2D eigenvalue weighted by molar-refractivity contribution is -0.141. The standard InChI is InChI=1S/C27H33N3O5/c1-4-14-30-23(25(32)29-19-11-6-5-8-16(19)2)27-13-12-20(35-27)21(22(27)26(30)33)24(31)28-17-9-7-10-18(15-17)34-3/h4,7,9-10,12-13,15-16,19-23H,1,5-6,8,11,14H2,2-3H3,(H,28,31)(H,29,32). The second-order valence-electron chi connectivity index (χ2n) is 10.1. The quantitative estimate of drug-likeness (QED) is 0.586. The first-order valence-electron chi connectivity index (χ1n) is 12.4. The molecule has 3 fully saturated rings. The second-order valence-corrected chi connectivity index (χ2v) is 10.1. The van der Waals surface area contributed by atoms with Crippen molar-refractivity contribution in [2.45, 2.75) is 56.4 Å². The van der Waals surface area contributed by atoms with Crippen LogP contribution in [0.4, 0.5) is 5.69 Å². The van der Waals surface area contributed by atoms with Gasteiger partial charge in [0.1, 0.15) is 17.4 Å². The minimum absolute atomic E-state index is 0.0714. The zero-order valence-corrected chi connectivity index (χ0v) is 20.2. The lowest BCUT2D eigenvalue weighted by atomic mass is 9.74. The first-order valence-corrected chi connectivity index (χ1v) is 12.4. The van der Waals surface area contributed by atoms with E-state index >= 15 is 0 Å². The topological polar surface area (TPSA) is 97.0 Å².